The molecule has 1 fully saturated rings. The molecule has 114 valence electrons. The number of benzene rings is 1. The number of hydrogen-bond acceptors (Lipinski definition) is 4. The van der Waals surface area contributed by atoms with Crippen LogP contribution in [0.15, 0.2) is 29.2 Å². The van der Waals surface area contributed by atoms with Crippen LogP contribution in [-0.2, 0) is 9.53 Å². The largest absolute Gasteiger partial charge is 0.469 e. The molecule has 0 heterocycles. The van der Waals surface area contributed by atoms with Crippen molar-refractivity contribution in [3.63, 3.8) is 0 Å². The fourth-order valence-electron chi connectivity index (χ4n) is 2.74. The maximum absolute atomic E-state index is 12.3. The van der Waals surface area contributed by atoms with E-state index < -0.39 is 0 Å². The number of nitrogens with one attached hydrogen (secondary N) is 1. The van der Waals surface area contributed by atoms with Crippen molar-refractivity contribution in [2.45, 2.75) is 36.6 Å². The maximum atomic E-state index is 12.3. The van der Waals surface area contributed by atoms with Gasteiger partial charge in [0, 0.05) is 10.9 Å². The Balaban J connectivity index is 1.91. The van der Waals surface area contributed by atoms with Gasteiger partial charge in [0.05, 0.1) is 18.6 Å². The van der Waals surface area contributed by atoms with Gasteiger partial charge in [0.1, 0.15) is 0 Å². The first-order chi connectivity index (χ1) is 10.2. The first kappa shape index (κ1) is 15.9. The molecular formula is C16H21NO3S. The quantitative estimate of drug-likeness (QED) is 0.686. The number of ether oxygens (including phenoxy) is 1. The molecule has 0 unspecified atom stereocenters. The van der Waals surface area contributed by atoms with Crippen LogP contribution in [-0.4, -0.2) is 31.3 Å². The fourth-order valence-corrected chi connectivity index (χ4v) is 3.33. The second-order valence-corrected chi connectivity index (χ2v) is 6.09. The Morgan fingerprint density at radius 1 is 1.19 bits per heavy atom. The van der Waals surface area contributed by atoms with Crippen LogP contribution in [0.3, 0.4) is 0 Å². The predicted octanol–water partition coefficient (Wildman–Crippen LogP) is 2.87. The predicted molar refractivity (Wildman–Crippen MR) is 83.5 cm³/mol. The highest BCUT2D eigenvalue weighted by Gasteiger charge is 2.28. The van der Waals surface area contributed by atoms with Crippen LogP contribution in [0.2, 0.25) is 0 Å². The summed E-state index contributed by atoms with van der Waals surface area (Å²) in [6.07, 6.45) is 5.18. The third-order valence-electron chi connectivity index (χ3n) is 3.95. The van der Waals surface area contributed by atoms with E-state index in [0.29, 0.717) is 0 Å². The average molecular weight is 307 g/mol. The van der Waals surface area contributed by atoms with Gasteiger partial charge in [-0.15, -0.1) is 11.8 Å². The Morgan fingerprint density at radius 3 is 2.48 bits per heavy atom. The summed E-state index contributed by atoms with van der Waals surface area (Å²) in [6, 6.07) is 7.76. The van der Waals surface area contributed by atoms with E-state index in [-0.39, 0.29) is 23.8 Å². The first-order valence-electron chi connectivity index (χ1n) is 7.17. The third-order valence-corrected chi connectivity index (χ3v) is 4.74. The van der Waals surface area contributed by atoms with Gasteiger partial charge in [0.2, 0.25) is 0 Å². The molecule has 0 saturated heterocycles. The van der Waals surface area contributed by atoms with Crippen molar-refractivity contribution in [3.05, 3.63) is 29.8 Å². The van der Waals surface area contributed by atoms with Gasteiger partial charge in [-0.3, -0.25) is 9.59 Å². The molecule has 0 aliphatic heterocycles. The van der Waals surface area contributed by atoms with E-state index >= 15 is 0 Å². The minimum Gasteiger partial charge on any atom is -0.469 e. The highest BCUT2D eigenvalue weighted by Crippen LogP contribution is 2.26. The lowest BCUT2D eigenvalue weighted by atomic mass is 9.86. The molecule has 1 aromatic carbocycles. The summed E-state index contributed by atoms with van der Waals surface area (Å²) in [7, 11) is 1.43. The van der Waals surface area contributed by atoms with E-state index in [4.69, 9.17) is 4.74 Å². The van der Waals surface area contributed by atoms with Crippen molar-refractivity contribution in [3.8, 4) is 0 Å². The molecule has 1 aliphatic rings. The summed E-state index contributed by atoms with van der Waals surface area (Å²) in [4.78, 5) is 24.8. The highest BCUT2D eigenvalue weighted by molar-refractivity contribution is 7.98. The van der Waals surface area contributed by atoms with Crippen LogP contribution in [0, 0.1) is 5.92 Å². The van der Waals surface area contributed by atoms with E-state index in [9.17, 15) is 9.59 Å². The standard InChI is InChI=1S/C16H21NO3S/c1-20-16(19)11-7-9-12(10-8-11)17-15(18)13-5-3-4-6-14(13)21-2/h3-6,11-12H,7-10H2,1-2H3,(H,17,18). The van der Waals surface area contributed by atoms with Crippen LogP contribution in [0.1, 0.15) is 36.0 Å². The number of carbonyl (C=O) groups excluding carboxylic acids is 2. The molecular weight excluding hydrogens is 286 g/mol. The number of hydrogen-bond donors (Lipinski definition) is 1. The molecule has 5 heteroatoms. The number of methoxy groups -OCH3 is 1. The molecule has 1 aliphatic carbocycles. The van der Waals surface area contributed by atoms with Crippen LogP contribution >= 0.6 is 11.8 Å². The zero-order valence-corrected chi connectivity index (χ0v) is 13.2. The van der Waals surface area contributed by atoms with Crippen molar-refractivity contribution in [2.24, 2.45) is 5.92 Å². The summed E-state index contributed by atoms with van der Waals surface area (Å²) in [5.74, 6) is -0.171. The van der Waals surface area contributed by atoms with Crippen molar-refractivity contribution in [1.29, 1.82) is 0 Å². The van der Waals surface area contributed by atoms with Crippen LogP contribution in [0.5, 0.6) is 0 Å². The Bertz CT molecular complexity index is 510. The summed E-state index contributed by atoms with van der Waals surface area (Å²) >= 11 is 1.57. The Kier molecular flexibility index (Phi) is 5.67. The van der Waals surface area contributed by atoms with Gasteiger partial charge in [0.25, 0.3) is 5.91 Å². The van der Waals surface area contributed by atoms with E-state index in [2.05, 4.69) is 5.32 Å². The van der Waals surface area contributed by atoms with Crippen molar-refractivity contribution >= 4 is 23.6 Å². The fraction of sp³-hybridized carbons (Fsp3) is 0.500. The number of carbonyl (C=O) groups is 2. The van der Waals surface area contributed by atoms with E-state index in [1.54, 1.807) is 11.8 Å². The molecule has 1 saturated carbocycles. The molecule has 0 bridgehead atoms. The second-order valence-electron chi connectivity index (χ2n) is 5.25. The summed E-state index contributed by atoms with van der Waals surface area (Å²) in [5, 5.41) is 3.08. The van der Waals surface area contributed by atoms with Gasteiger partial charge in [-0.25, -0.2) is 0 Å². The third kappa shape index (κ3) is 4.00. The van der Waals surface area contributed by atoms with Gasteiger partial charge < -0.3 is 10.1 Å². The zero-order chi connectivity index (χ0) is 15.2. The summed E-state index contributed by atoms with van der Waals surface area (Å²) in [6.45, 7) is 0. The zero-order valence-electron chi connectivity index (χ0n) is 12.4. The molecule has 1 amide bonds. The lowest BCUT2D eigenvalue weighted by Gasteiger charge is -2.27. The minimum absolute atomic E-state index is 0.0124. The Labute approximate surface area is 129 Å². The normalized spacial score (nSPS) is 21.6. The average Bonchev–Trinajstić information content (AvgIpc) is 2.54. The second kappa shape index (κ2) is 7.50. The summed E-state index contributed by atoms with van der Waals surface area (Å²) < 4.78 is 4.78. The van der Waals surface area contributed by atoms with Crippen LogP contribution < -0.4 is 5.32 Å². The molecule has 0 aromatic heterocycles. The molecule has 21 heavy (non-hydrogen) atoms. The SMILES string of the molecule is COC(=O)C1CCC(NC(=O)c2ccccc2SC)CC1. The van der Waals surface area contributed by atoms with Crippen LogP contribution in [0.25, 0.3) is 0 Å². The van der Waals surface area contributed by atoms with Gasteiger partial charge in [-0.2, -0.15) is 0 Å². The topological polar surface area (TPSA) is 55.4 Å². The number of rotatable bonds is 4. The van der Waals surface area contributed by atoms with E-state index in [1.807, 2.05) is 30.5 Å². The minimum atomic E-state index is -0.132. The van der Waals surface area contributed by atoms with Gasteiger partial charge in [-0.1, -0.05) is 12.1 Å². The van der Waals surface area contributed by atoms with Gasteiger partial charge >= 0.3 is 5.97 Å². The van der Waals surface area contributed by atoms with E-state index in [0.717, 1.165) is 36.1 Å². The molecule has 2 rings (SSSR count). The lowest BCUT2D eigenvalue weighted by molar-refractivity contribution is -0.146. The molecule has 1 N–H and O–H groups in total. The Morgan fingerprint density at radius 2 is 1.86 bits per heavy atom. The van der Waals surface area contributed by atoms with Crippen LogP contribution in [0.4, 0.5) is 0 Å². The number of esters is 1. The molecule has 0 atom stereocenters. The molecule has 0 radical (unpaired) electrons. The maximum Gasteiger partial charge on any atom is 0.308 e. The van der Waals surface area contributed by atoms with E-state index in [1.165, 1.54) is 7.11 Å². The molecule has 0 spiro atoms. The van der Waals surface area contributed by atoms with Crippen molar-refractivity contribution in [1.82, 2.24) is 5.32 Å². The first-order valence-corrected chi connectivity index (χ1v) is 8.40. The van der Waals surface area contributed by atoms with Crippen molar-refractivity contribution in [2.75, 3.05) is 13.4 Å². The van der Waals surface area contributed by atoms with Gasteiger partial charge in [0.15, 0.2) is 0 Å². The number of thioether (sulfide) groups is 1. The van der Waals surface area contributed by atoms with Crippen molar-refractivity contribution < 1.29 is 14.3 Å². The lowest BCUT2D eigenvalue weighted by Crippen LogP contribution is -2.39. The number of amides is 1. The monoisotopic (exact) mass is 307 g/mol. The highest BCUT2D eigenvalue weighted by atomic mass is 32.2. The molecule has 4 nitrogen and oxygen atoms in total. The van der Waals surface area contributed by atoms with Gasteiger partial charge in [-0.05, 0) is 44.1 Å². The molecule has 1 aromatic rings. The smallest absolute Gasteiger partial charge is 0.308 e. The summed E-state index contributed by atoms with van der Waals surface area (Å²) in [5.41, 5.74) is 0.722. The Hall–Kier alpha value is -1.49.